The Hall–Kier alpha value is -1.30. The van der Waals surface area contributed by atoms with Gasteiger partial charge in [-0.05, 0) is 6.07 Å². The van der Waals surface area contributed by atoms with Gasteiger partial charge in [-0.25, -0.2) is 9.37 Å². The van der Waals surface area contributed by atoms with Crippen LogP contribution >= 0.6 is 11.3 Å². The maximum absolute atomic E-state index is 13.5. The number of aromatic nitrogens is 1. The molecule has 0 aliphatic carbocycles. The number of nitrogens with one attached hydrogen (secondary N) is 1. The minimum Gasteiger partial charge on any atom is -0.387 e. The van der Waals surface area contributed by atoms with E-state index in [-0.39, 0.29) is 5.82 Å². The lowest BCUT2D eigenvalue weighted by Gasteiger charge is -2.12. The number of hydrogen-bond donors (Lipinski definition) is 2. The van der Waals surface area contributed by atoms with Crippen molar-refractivity contribution in [2.45, 2.75) is 32.4 Å². The first-order valence-corrected chi connectivity index (χ1v) is 7.53. The molecule has 1 heterocycles. The van der Waals surface area contributed by atoms with Crippen LogP contribution in [0.15, 0.2) is 29.6 Å². The highest BCUT2D eigenvalue weighted by Crippen LogP contribution is 2.19. The third-order valence-corrected chi connectivity index (χ3v) is 4.17. The molecule has 0 aliphatic heterocycles. The van der Waals surface area contributed by atoms with Crippen molar-refractivity contribution < 1.29 is 9.50 Å². The Balaban J connectivity index is 1.85. The van der Waals surface area contributed by atoms with Crippen molar-refractivity contribution >= 4 is 11.3 Å². The fourth-order valence-corrected chi connectivity index (χ4v) is 2.70. The van der Waals surface area contributed by atoms with Gasteiger partial charge in [0, 0.05) is 30.0 Å². The van der Waals surface area contributed by atoms with Gasteiger partial charge in [-0.1, -0.05) is 32.0 Å². The van der Waals surface area contributed by atoms with E-state index in [1.807, 2.05) is 5.38 Å². The van der Waals surface area contributed by atoms with Crippen LogP contribution in [-0.2, 0) is 6.54 Å². The molecule has 1 atom stereocenters. The SMILES string of the molecule is CC(C)c1nc(CNCC(O)c2ccccc2F)cs1. The molecule has 3 nitrogen and oxygen atoms in total. The van der Waals surface area contributed by atoms with Crippen LogP contribution < -0.4 is 5.32 Å². The lowest BCUT2D eigenvalue weighted by atomic mass is 10.1. The van der Waals surface area contributed by atoms with E-state index in [9.17, 15) is 9.50 Å². The summed E-state index contributed by atoms with van der Waals surface area (Å²) >= 11 is 1.64. The summed E-state index contributed by atoms with van der Waals surface area (Å²) in [5.74, 6) is 0.0512. The van der Waals surface area contributed by atoms with Gasteiger partial charge in [0.2, 0.25) is 0 Å². The molecule has 1 unspecified atom stereocenters. The Bertz CT molecular complexity index is 556. The highest BCUT2D eigenvalue weighted by Gasteiger charge is 2.12. The first kappa shape index (κ1) is 15.1. The molecule has 0 aliphatic rings. The van der Waals surface area contributed by atoms with Gasteiger partial charge in [-0.15, -0.1) is 11.3 Å². The smallest absolute Gasteiger partial charge is 0.129 e. The van der Waals surface area contributed by atoms with E-state index in [0.29, 0.717) is 24.6 Å². The van der Waals surface area contributed by atoms with E-state index in [1.54, 1.807) is 29.5 Å². The van der Waals surface area contributed by atoms with E-state index in [1.165, 1.54) is 6.07 Å². The van der Waals surface area contributed by atoms with E-state index >= 15 is 0 Å². The number of hydrogen-bond acceptors (Lipinski definition) is 4. The molecule has 0 saturated carbocycles. The summed E-state index contributed by atoms with van der Waals surface area (Å²) in [4.78, 5) is 4.50. The number of nitrogens with zero attached hydrogens (tertiary/aromatic N) is 1. The normalized spacial score (nSPS) is 12.8. The van der Waals surface area contributed by atoms with Gasteiger partial charge < -0.3 is 10.4 Å². The van der Waals surface area contributed by atoms with Gasteiger partial charge >= 0.3 is 0 Å². The second-order valence-electron chi connectivity index (χ2n) is 5.00. The molecule has 108 valence electrons. The van der Waals surface area contributed by atoms with Crippen LogP contribution in [0.3, 0.4) is 0 Å². The molecule has 2 rings (SSSR count). The average molecular weight is 294 g/mol. The number of thiazole rings is 1. The molecule has 5 heteroatoms. The molecule has 0 amide bonds. The van der Waals surface area contributed by atoms with Crippen LogP contribution in [0.4, 0.5) is 4.39 Å². The maximum Gasteiger partial charge on any atom is 0.129 e. The largest absolute Gasteiger partial charge is 0.387 e. The Labute approximate surface area is 122 Å². The molecule has 0 fully saturated rings. The molecule has 20 heavy (non-hydrogen) atoms. The van der Waals surface area contributed by atoms with E-state index < -0.39 is 6.10 Å². The van der Waals surface area contributed by atoms with E-state index in [4.69, 9.17) is 0 Å². The fraction of sp³-hybridized carbons (Fsp3) is 0.400. The topological polar surface area (TPSA) is 45.2 Å². The average Bonchev–Trinajstić information content (AvgIpc) is 2.88. The predicted molar refractivity (Wildman–Crippen MR) is 79.3 cm³/mol. The summed E-state index contributed by atoms with van der Waals surface area (Å²) in [6.07, 6.45) is -0.848. The van der Waals surface area contributed by atoms with Crippen molar-refractivity contribution in [1.82, 2.24) is 10.3 Å². The van der Waals surface area contributed by atoms with Crippen molar-refractivity contribution in [2.24, 2.45) is 0 Å². The Morgan fingerprint density at radius 2 is 2.10 bits per heavy atom. The van der Waals surface area contributed by atoms with Gasteiger partial charge in [0.25, 0.3) is 0 Å². The third kappa shape index (κ3) is 3.85. The molecular weight excluding hydrogens is 275 g/mol. The van der Waals surface area contributed by atoms with Gasteiger partial charge in [0.15, 0.2) is 0 Å². The molecule has 0 bridgehead atoms. The number of aliphatic hydroxyl groups is 1. The Morgan fingerprint density at radius 3 is 2.75 bits per heavy atom. The Kier molecular flexibility index (Phi) is 5.23. The fourth-order valence-electron chi connectivity index (χ4n) is 1.86. The molecule has 1 aromatic carbocycles. The van der Waals surface area contributed by atoms with Crippen molar-refractivity contribution in [2.75, 3.05) is 6.54 Å². The molecule has 0 spiro atoms. The summed E-state index contributed by atoms with van der Waals surface area (Å²) < 4.78 is 13.5. The number of benzene rings is 1. The number of aliphatic hydroxyl groups excluding tert-OH is 1. The molecular formula is C15H19FN2OS. The van der Waals surface area contributed by atoms with E-state index in [2.05, 4.69) is 24.1 Å². The molecule has 2 N–H and O–H groups in total. The summed E-state index contributed by atoms with van der Waals surface area (Å²) in [6, 6.07) is 6.29. The summed E-state index contributed by atoms with van der Waals surface area (Å²) in [7, 11) is 0. The van der Waals surface area contributed by atoms with Gasteiger partial charge in [0.05, 0.1) is 16.8 Å². The van der Waals surface area contributed by atoms with Gasteiger partial charge in [0.1, 0.15) is 5.82 Å². The van der Waals surface area contributed by atoms with Crippen LogP contribution in [0.25, 0.3) is 0 Å². The highest BCUT2D eigenvalue weighted by atomic mass is 32.1. The predicted octanol–water partition coefficient (Wildman–Crippen LogP) is 3.23. The quantitative estimate of drug-likeness (QED) is 0.860. The van der Waals surface area contributed by atoms with Crippen LogP contribution in [0.5, 0.6) is 0 Å². The lowest BCUT2D eigenvalue weighted by molar-refractivity contribution is 0.169. The van der Waals surface area contributed by atoms with Crippen molar-refractivity contribution in [3.05, 3.63) is 51.7 Å². The summed E-state index contributed by atoms with van der Waals surface area (Å²) in [5.41, 5.74) is 1.28. The monoisotopic (exact) mass is 294 g/mol. The van der Waals surface area contributed by atoms with Crippen molar-refractivity contribution in [3.63, 3.8) is 0 Å². The number of rotatable bonds is 6. The zero-order valence-electron chi connectivity index (χ0n) is 11.6. The van der Waals surface area contributed by atoms with Crippen LogP contribution in [0, 0.1) is 5.82 Å². The molecule has 0 saturated heterocycles. The first-order chi connectivity index (χ1) is 9.58. The van der Waals surface area contributed by atoms with Crippen LogP contribution in [0.1, 0.15) is 42.1 Å². The lowest BCUT2D eigenvalue weighted by Crippen LogP contribution is -2.21. The third-order valence-electron chi connectivity index (χ3n) is 2.97. The Morgan fingerprint density at radius 1 is 1.35 bits per heavy atom. The second kappa shape index (κ2) is 6.92. The standard InChI is InChI=1S/C15H19FN2OS/c1-10(2)15-18-11(9-20-15)7-17-8-14(19)12-5-3-4-6-13(12)16/h3-6,9-10,14,17,19H,7-8H2,1-2H3. The van der Waals surface area contributed by atoms with Gasteiger partial charge in [-0.3, -0.25) is 0 Å². The minimum atomic E-state index is -0.848. The molecule has 0 radical (unpaired) electrons. The maximum atomic E-state index is 13.5. The molecule has 2 aromatic rings. The van der Waals surface area contributed by atoms with Crippen LogP contribution in [0.2, 0.25) is 0 Å². The van der Waals surface area contributed by atoms with Crippen molar-refractivity contribution in [3.8, 4) is 0 Å². The molecule has 1 aromatic heterocycles. The summed E-state index contributed by atoms with van der Waals surface area (Å²) in [5, 5.41) is 16.2. The summed E-state index contributed by atoms with van der Waals surface area (Å²) in [6.45, 7) is 5.10. The van der Waals surface area contributed by atoms with Crippen molar-refractivity contribution in [1.29, 1.82) is 0 Å². The highest BCUT2D eigenvalue weighted by molar-refractivity contribution is 7.09. The zero-order chi connectivity index (χ0) is 14.5. The minimum absolute atomic E-state index is 0.301. The zero-order valence-corrected chi connectivity index (χ0v) is 12.5. The second-order valence-corrected chi connectivity index (χ2v) is 5.89. The first-order valence-electron chi connectivity index (χ1n) is 6.65. The van der Waals surface area contributed by atoms with E-state index in [0.717, 1.165) is 10.7 Å². The van der Waals surface area contributed by atoms with Crippen LogP contribution in [-0.4, -0.2) is 16.6 Å². The number of halogens is 1. The van der Waals surface area contributed by atoms with Gasteiger partial charge in [-0.2, -0.15) is 0 Å².